The molecule has 1 aliphatic rings. The molecule has 0 bridgehead atoms. The van der Waals surface area contributed by atoms with E-state index in [1.165, 1.54) is 4.41 Å². The summed E-state index contributed by atoms with van der Waals surface area (Å²) in [6.45, 7) is 3.80. The third kappa shape index (κ3) is 3.14. The van der Waals surface area contributed by atoms with E-state index in [1.54, 1.807) is 30.5 Å². The fourth-order valence-electron chi connectivity index (χ4n) is 2.35. The highest BCUT2D eigenvalue weighted by atomic mass is 32.2. The molecule has 0 unspecified atom stereocenters. The van der Waals surface area contributed by atoms with E-state index >= 15 is 0 Å². The number of hydrogen-bond donors (Lipinski definition) is 1. The van der Waals surface area contributed by atoms with Crippen molar-refractivity contribution in [3.63, 3.8) is 0 Å². The first kappa shape index (κ1) is 15.4. The van der Waals surface area contributed by atoms with E-state index in [0.717, 1.165) is 22.4 Å². The monoisotopic (exact) mass is 326 g/mol. The number of aryl methyl sites for hydroxylation is 1. The second kappa shape index (κ2) is 5.93. The maximum Gasteiger partial charge on any atom is 0.281 e. The number of hydrazine groups is 1. The van der Waals surface area contributed by atoms with E-state index in [2.05, 4.69) is 5.43 Å². The van der Waals surface area contributed by atoms with Gasteiger partial charge < -0.3 is 0 Å². The molecular formula is C18H18N2O2S. The van der Waals surface area contributed by atoms with E-state index in [9.17, 15) is 8.42 Å². The molecule has 0 radical (unpaired) electrons. The molecule has 0 fully saturated rings. The van der Waals surface area contributed by atoms with Gasteiger partial charge in [0.15, 0.2) is 0 Å². The van der Waals surface area contributed by atoms with Gasteiger partial charge in [0, 0.05) is 6.20 Å². The molecule has 0 aliphatic carbocycles. The van der Waals surface area contributed by atoms with Crippen LogP contribution < -0.4 is 5.43 Å². The standard InChI is InChI=1S/C18H18N2O2S/c1-14-8-10-17(11-9-14)23(21,22)20-13-15(2)12-18(19-20)16-6-4-3-5-7-16/h3-13,19H,1-2H3. The van der Waals surface area contributed by atoms with Crippen molar-refractivity contribution in [2.45, 2.75) is 18.7 Å². The number of nitrogens with one attached hydrogen (secondary N) is 1. The normalized spacial score (nSPS) is 14.8. The summed E-state index contributed by atoms with van der Waals surface area (Å²) in [5.74, 6) is 0. The number of nitrogens with zero attached hydrogens (tertiary/aromatic N) is 1. The Labute approximate surface area is 136 Å². The summed E-state index contributed by atoms with van der Waals surface area (Å²) >= 11 is 0. The first-order chi connectivity index (χ1) is 11.0. The van der Waals surface area contributed by atoms with Crippen molar-refractivity contribution in [3.8, 4) is 0 Å². The number of sulfonamides is 1. The van der Waals surface area contributed by atoms with Crippen molar-refractivity contribution in [1.82, 2.24) is 9.84 Å². The molecule has 118 valence electrons. The molecule has 0 saturated carbocycles. The molecule has 2 aromatic rings. The van der Waals surface area contributed by atoms with Gasteiger partial charge >= 0.3 is 0 Å². The molecule has 1 N–H and O–H groups in total. The summed E-state index contributed by atoms with van der Waals surface area (Å²) in [6, 6.07) is 16.5. The predicted molar refractivity (Wildman–Crippen MR) is 91.5 cm³/mol. The largest absolute Gasteiger partial charge is 0.284 e. The van der Waals surface area contributed by atoms with Gasteiger partial charge in [-0.1, -0.05) is 48.0 Å². The zero-order chi connectivity index (χ0) is 16.4. The summed E-state index contributed by atoms with van der Waals surface area (Å²) in [5, 5.41) is 0. The van der Waals surface area contributed by atoms with Gasteiger partial charge in [0.2, 0.25) is 0 Å². The van der Waals surface area contributed by atoms with Gasteiger partial charge in [-0.3, -0.25) is 5.43 Å². The van der Waals surface area contributed by atoms with Crippen molar-refractivity contribution in [1.29, 1.82) is 0 Å². The van der Waals surface area contributed by atoms with E-state index in [4.69, 9.17) is 0 Å². The van der Waals surface area contributed by atoms with Crippen LogP contribution in [0.2, 0.25) is 0 Å². The number of hydrogen-bond acceptors (Lipinski definition) is 3. The minimum absolute atomic E-state index is 0.258. The van der Waals surface area contributed by atoms with Crippen molar-refractivity contribution in [3.05, 3.63) is 83.6 Å². The van der Waals surface area contributed by atoms with Gasteiger partial charge in [0.25, 0.3) is 10.0 Å². The number of allylic oxidation sites excluding steroid dienone is 2. The van der Waals surface area contributed by atoms with Gasteiger partial charge in [-0.2, -0.15) is 12.8 Å². The number of benzene rings is 2. The van der Waals surface area contributed by atoms with Crippen LogP contribution in [0.1, 0.15) is 18.1 Å². The topological polar surface area (TPSA) is 49.4 Å². The van der Waals surface area contributed by atoms with Crippen LogP contribution in [0.3, 0.4) is 0 Å². The Morgan fingerprint density at radius 2 is 1.57 bits per heavy atom. The minimum atomic E-state index is -3.65. The van der Waals surface area contributed by atoms with Crippen LogP contribution in [-0.2, 0) is 10.0 Å². The zero-order valence-electron chi connectivity index (χ0n) is 13.0. The molecule has 1 heterocycles. The highest BCUT2D eigenvalue weighted by molar-refractivity contribution is 7.89. The molecule has 1 aliphatic heterocycles. The van der Waals surface area contributed by atoms with E-state index < -0.39 is 10.0 Å². The van der Waals surface area contributed by atoms with E-state index in [1.807, 2.05) is 50.3 Å². The highest BCUT2D eigenvalue weighted by Gasteiger charge is 2.25. The summed E-state index contributed by atoms with van der Waals surface area (Å²) in [6.07, 6.45) is 3.51. The first-order valence-electron chi connectivity index (χ1n) is 7.30. The van der Waals surface area contributed by atoms with Crippen molar-refractivity contribution in [2.24, 2.45) is 0 Å². The van der Waals surface area contributed by atoms with E-state index in [0.29, 0.717) is 0 Å². The van der Waals surface area contributed by atoms with Crippen LogP contribution in [0.15, 0.2) is 77.3 Å². The zero-order valence-corrected chi connectivity index (χ0v) is 13.8. The molecule has 23 heavy (non-hydrogen) atoms. The third-order valence-corrected chi connectivity index (χ3v) is 5.17. The maximum atomic E-state index is 12.8. The fourth-order valence-corrected chi connectivity index (χ4v) is 3.58. The Balaban J connectivity index is 1.95. The van der Waals surface area contributed by atoms with Crippen molar-refractivity contribution in [2.75, 3.05) is 0 Å². The van der Waals surface area contributed by atoms with Crippen molar-refractivity contribution < 1.29 is 8.42 Å². The Kier molecular flexibility index (Phi) is 3.96. The molecule has 4 nitrogen and oxygen atoms in total. The van der Waals surface area contributed by atoms with Gasteiger partial charge in [-0.25, -0.2) is 0 Å². The minimum Gasteiger partial charge on any atom is -0.284 e. The quantitative estimate of drug-likeness (QED) is 0.940. The van der Waals surface area contributed by atoms with E-state index in [-0.39, 0.29) is 4.90 Å². The lowest BCUT2D eigenvalue weighted by Gasteiger charge is -2.28. The van der Waals surface area contributed by atoms with Crippen LogP contribution in [0, 0.1) is 6.92 Å². The average molecular weight is 326 g/mol. The average Bonchev–Trinajstić information content (AvgIpc) is 2.55. The second-order valence-electron chi connectivity index (χ2n) is 5.52. The van der Waals surface area contributed by atoms with Gasteiger partial charge in [0.1, 0.15) is 0 Å². The molecule has 0 atom stereocenters. The Morgan fingerprint density at radius 1 is 0.913 bits per heavy atom. The van der Waals surface area contributed by atoms with Crippen LogP contribution in [0.25, 0.3) is 5.70 Å². The van der Waals surface area contributed by atoms with Gasteiger partial charge in [0.05, 0.1) is 10.6 Å². The van der Waals surface area contributed by atoms with Crippen LogP contribution in [-0.4, -0.2) is 12.8 Å². The Morgan fingerprint density at radius 3 is 2.22 bits per heavy atom. The van der Waals surface area contributed by atoms with Crippen LogP contribution >= 0.6 is 0 Å². The first-order valence-corrected chi connectivity index (χ1v) is 8.74. The summed E-state index contributed by atoms with van der Waals surface area (Å²) in [5.41, 5.74) is 6.55. The molecule has 3 rings (SSSR count). The Bertz CT molecular complexity index is 867. The summed E-state index contributed by atoms with van der Waals surface area (Å²) in [7, 11) is -3.65. The van der Waals surface area contributed by atoms with Crippen LogP contribution in [0.4, 0.5) is 0 Å². The molecule has 0 saturated heterocycles. The number of rotatable bonds is 3. The lowest BCUT2D eigenvalue weighted by Crippen LogP contribution is -2.39. The maximum absolute atomic E-state index is 12.8. The molecule has 0 aromatic heterocycles. The highest BCUT2D eigenvalue weighted by Crippen LogP contribution is 2.23. The van der Waals surface area contributed by atoms with Gasteiger partial charge in [-0.05, 0) is 43.2 Å². The second-order valence-corrected chi connectivity index (χ2v) is 7.34. The fraction of sp³-hybridized carbons (Fsp3) is 0.111. The summed E-state index contributed by atoms with van der Waals surface area (Å²) < 4.78 is 26.8. The molecular weight excluding hydrogens is 308 g/mol. The van der Waals surface area contributed by atoms with Crippen LogP contribution in [0.5, 0.6) is 0 Å². The molecule has 0 amide bonds. The molecule has 0 spiro atoms. The lowest BCUT2D eigenvalue weighted by molar-refractivity contribution is 0.457. The third-order valence-electron chi connectivity index (χ3n) is 3.59. The predicted octanol–water partition coefficient (Wildman–Crippen LogP) is 3.45. The molecule has 2 aromatic carbocycles. The summed E-state index contributed by atoms with van der Waals surface area (Å²) in [4.78, 5) is 0.258. The smallest absolute Gasteiger partial charge is 0.281 e. The van der Waals surface area contributed by atoms with Crippen molar-refractivity contribution >= 4 is 15.7 Å². The molecule has 5 heteroatoms. The Hall–Kier alpha value is -2.53. The lowest BCUT2D eigenvalue weighted by atomic mass is 10.1. The van der Waals surface area contributed by atoms with Gasteiger partial charge in [-0.15, -0.1) is 0 Å². The SMILES string of the molecule is CC1=CN(S(=O)(=O)c2ccc(C)cc2)NC(c2ccccc2)=C1.